The molecule has 5 heteroatoms. The molecule has 0 aliphatic heterocycles. The average Bonchev–Trinajstić information content (AvgIpc) is 2.68. The maximum Gasteiger partial charge on any atom is 0.225 e. The first-order chi connectivity index (χ1) is 12.3. The molecular formula is C20H22N4O. The van der Waals surface area contributed by atoms with Crippen LogP contribution in [-0.2, 0) is 6.54 Å². The van der Waals surface area contributed by atoms with Gasteiger partial charge in [0.2, 0.25) is 5.95 Å². The van der Waals surface area contributed by atoms with E-state index in [1.165, 1.54) is 5.56 Å². The number of hydrogen-bond acceptors (Lipinski definition) is 5. The van der Waals surface area contributed by atoms with Crippen molar-refractivity contribution < 1.29 is 5.11 Å². The number of anilines is 2. The molecule has 0 saturated carbocycles. The molecule has 128 valence electrons. The van der Waals surface area contributed by atoms with E-state index in [-0.39, 0.29) is 6.61 Å². The minimum absolute atomic E-state index is 0.143. The number of hydrogen-bond donors (Lipinski definition) is 3. The zero-order valence-corrected chi connectivity index (χ0v) is 14.0. The van der Waals surface area contributed by atoms with Gasteiger partial charge in [0.25, 0.3) is 0 Å². The first kappa shape index (κ1) is 16.9. The lowest BCUT2D eigenvalue weighted by Crippen LogP contribution is -2.09. The van der Waals surface area contributed by atoms with Crippen LogP contribution in [0, 0.1) is 0 Å². The van der Waals surface area contributed by atoms with Gasteiger partial charge < -0.3 is 15.7 Å². The third-order valence-corrected chi connectivity index (χ3v) is 3.73. The summed E-state index contributed by atoms with van der Waals surface area (Å²) in [5.74, 6) is 1.33. The minimum Gasteiger partial charge on any atom is -0.396 e. The number of aliphatic hydroxyl groups excluding tert-OH is 1. The zero-order chi connectivity index (χ0) is 17.3. The lowest BCUT2D eigenvalue weighted by Gasteiger charge is -2.11. The molecule has 1 aromatic heterocycles. The van der Waals surface area contributed by atoms with Gasteiger partial charge in [-0.2, -0.15) is 4.98 Å². The van der Waals surface area contributed by atoms with E-state index >= 15 is 0 Å². The van der Waals surface area contributed by atoms with Crippen LogP contribution in [0.5, 0.6) is 0 Å². The molecule has 0 spiro atoms. The van der Waals surface area contributed by atoms with E-state index in [0.717, 1.165) is 17.1 Å². The monoisotopic (exact) mass is 334 g/mol. The molecule has 1 heterocycles. The Morgan fingerprint density at radius 1 is 0.840 bits per heavy atom. The summed E-state index contributed by atoms with van der Waals surface area (Å²) in [5.41, 5.74) is 3.09. The molecule has 5 nitrogen and oxygen atoms in total. The van der Waals surface area contributed by atoms with Gasteiger partial charge in [-0.05, 0) is 12.0 Å². The maximum absolute atomic E-state index is 8.95. The molecule has 0 radical (unpaired) electrons. The van der Waals surface area contributed by atoms with E-state index in [9.17, 15) is 0 Å². The molecule has 0 atom stereocenters. The number of nitrogens with zero attached hydrogens (tertiary/aromatic N) is 2. The number of aromatic nitrogens is 2. The van der Waals surface area contributed by atoms with Gasteiger partial charge >= 0.3 is 0 Å². The van der Waals surface area contributed by atoms with Crippen molar-refractivity contribution in [2.24, 2.45) is 0 Å². The van der Waals surface area contributed by atoms with E-state index in [1.54, 1.807) is 0 Å². The van der Waals surface area contributed by atoms with Gasteiger partial charge in [0.05, 0.1) is 5.69 Å². The van der Waals surface area contributed by atoms with E-state index in [2.05, 4.69) is 32.7 Å². The fourth-order valence-corrected chi connectivity index (χ4v) is 2.44. The Labute approximate surface area is 147 Å². The van der Waals surface area contributed by atoms with Crippen molar-refractivity contribution in [1.82, 2.24) is 9.97 Å². The summed E-state index contributed by atoms with van der Waals surface area (Å²) in [6.07, 6.45) is 0.658. The standard InChI is InChI=1S/C20H22N4O/c25-13-7-12-21-20-23-18(17-10-5-2-6-11-17)14-19(24-20)22-15-16-8-3-1-4-9-16/h1-6,8-11,14,25H,7,12-13,15H2,(H2,21,22,23,24). The highest BCUT2D eigenvalue weighted by Crippen LogP contribution is 2.21. The summed E-state index contributed by atoms with van der Waals surface area (Å²) in [7, 11) is 0. The lowest BCUT2D eigenvalue weighted by atomic mass is 10.1. The minimum atomic E-state index is 0.143. The van der Waals surface area contributed by atoms with Crippen molar-refractivity contribution in [3.05, 3.63) is 72.3 Å². The Balaban J connectivity index is 1.81. The molecule has 2 aromatic carbocycles. The molecule has 0 aliphatic carbocycles. The molecule has 25 heavy (non-hydrogen) atoms. The van der Waals surface area contributed by atoms with Crippen molar-refractivity contribution >= 4 is 11.8 Å². The van der Waals surface area contributed by atoms with Gasteiger partial charge in [-0.3, -0.25) is 0 Å². The molecule has 0 amide bonds. The quantitative estimate of drug-likeness (QED) is 0.550. The van der Waals surface area contributed by atoms with Crippen molar-refractivity contribution in [1.29, 1.82) is 0 Å². The maximum atomic E-state index is 8.95. The molecule has 0 bridgehead atoms. The van der Waals surface area contributed by atoms with Crippen LogP contribution in [-0.4, -0.2) is 28.2 Å². The predicted molar refractivity (Wildman–Crippen MR) is 101 cm³/mol. The fourth-order valence-electron chi connectivity index (χ4n) is 2.44. The Morgan fingerprint density at radius 2 is 1.56 bits per heavy atom. The average molecular weight is 334 g/mol. The van der Waals surface area contributed by atoms with Gasteiger partial charge in [0, 0.05) is 31.3 Å². The normalized spacial score (nSPS) is 10.4. The van der Waals surface area contributed by atoms with Gasteiger partial charge in [-0.1, -0.05) is 60.7 Å². The zero-order valence-electron chi connectivity index (χ0n) is 14.0. The summed E-state index contributed by atoms with van der Waals surface area (Å²) >= 11 is 0. The fraction of sp³-hybridized carbons (Fsp3) is 0.200. The van der Waals surface area contributed by atoms with E-state index in [0.29, 0.717) is 25.5 Å². The number of nitrogens with one attached hydrogen (secondary N) is 2. The SMILES string of the molecule is OCCCNc1nc(NCc2ccccc2)cc(-c2ccccc2)n1. The Kier molecular flexibility index (Phi) is 5.96. The van der Waals surface area contributed by atoms with Crippen LogP contribution >= 0.6 is 0 Å². The van der Waals surface area contributed by atoms with E-state index in [1.807, 2.05) is 54.6 Å². The van der Waals surface area contributed by atoms with Crippen molar-refractivity contribution in [3.63, 3.8) is 0 Å². The summed E-state index contributed by atoms with van der Waals surface area (Å²) in [5, 5.41) is 15.5. The predicted octanol–water partition coefficient (Wildman–Crippen LogP) is 3.55. The van der Waals surface area contributed by atoms with Crippen LogP contribution < -0.4 is 10.6 Å². The number of benzene rings is 2. The topological polar surface area (TPSA) is 70.1 Å². The van der Waals surface area contributed by atoms with Crippen molar-refractivity contribution in [2.75, 3.05) is 23.8 Å². The first-order valence-electron chi connectivity index (χ1n) is 8.42. The van der Waals surface area contributed by atoms with Crippen LogP contribution in [0.25, 0.3) is 11.3 Å². The highest BCUT2D eigenvalue weighted by molar-refractivity contribution is 5.64. The van der Waals surface area contributed by atoms with Crippen LogP contribution in [0.2, 0.25) is 0 Å². The van der Waals surface area contributed by atoms with Crippen LogP contribution in [0.15, 0.2) is 66.7 Å². The van der Waals surface area contributed by atoms with Crippen LogP contribution in [0.3, 0.4) is 0 Å². The van der Waals surface area contributed by atoms with Crippen LogP contribution in [0.1, 0.15) is 12.0 Å². The number of rotatable bonds is 8. The molecule has 0 aliphatic rings. The molecule has 3 aromatic rings. The summed E-state index contributed by atoms with van der Waals surface area (Å²) < 4.78 is 0. The Hall–Kier alpha value is -2.92. The molecule has 0 unspecified atom stereocenters. The summed E-state index contributed by atoms with van der Waals surface area (Å²) in [6.45, 7) is 1.47. The summed E-state index contributed by atoms with van der Waals surface area (Å²) in [6, 6.07) is 22.2. The van der Waals surface area contributed by atoms with E-state index in [4.69, 9.17) is 5.11 Å². The Morgan fingerprint density at radius 3 is 2.28 bits per heavy atom. The third kappa shape index (κ3) is 5.02. The van der Waals surface area contributed by atoms with Gasteiger partial charge in [-0.15, -0.1) is 0 Å². The van der Waals surface area contributed by atoms with Crippen LogP contribution in [0.4, 0.5) is 11.8 Å². The molecule has 0 saturated heterocycles. The van der Waals surface area contributed by atoms with Crippen molar-refractivity contribution in [3.8, 4) is 11.3 Å². The molecule has 3 N–H and O–H groups in total. The van der Waals surface area contributed by atoms with Crippen molar-refractivity contribution in [2.45, 2.75) is 13.0 Å². The highest BCUT2D eigenvalue weighted by atomic mass is 16.3. The highest BCUT2D eigenvalue weighted by Gasteiger charge is 2.06. The van der Waals surface area contributed by atoms with Gasteiger partial charge in [-0.25, -0.2) is 4.98 Å². The second kappa shape index (κ2) is 8.80. The molecule has 3 rings (SSSR count). The number of aliphatic hydroxyl groups is 1. The Bertz CT molecular complexity index is 778. The second-order valence-electron chi connectivity index (χ2n) is 5.67. The molecular weight excluding hydrogens is 312 g/mol. The van der Waals surface area contributed by atoms with Gasteiger partial charge in [0.1, 0.15) is 5.82 Å². The smallest absolute Gasteiger partial charge is 0.225 e. The third-order valence-electron chi connectivity index (χ3n) is 3.73. The largest absolute Gasteiger partial charge is 0.396 e. The first-order valence-corrected chi connectivity index (χ1v) is 8.42. The summed E-state index contributed by atoms with van der Waals surface area (Å²) in [4.78, 5) is 9.12. The van der Waals surface area contributed by atoms with Gasteiger partial charge in [0.15, 0.2) is 0 Å². The lowest BCUT2D eigenvalue weighted by molar-refractivity contribution is 0.292. The van der Waals surface area contributed by atoms with E-state index < -0.39 is 0 Å². The molecule has 0 fully saturated rings. The second-order valence-corrected chi connectivity index (χ2v) is 5.67.